The number of benzene rings is 4. The Morgan fingerprint density at radius 3 is 1.75 bits per heavy atom. The number of thiophene rings is 1. The van der Waals surface area contributed by atoms with E-state index in [0.29, 0.717) is 17.5 Å². The second-order valence-electron chi connectivity index (χ2n) is 7.77. The van der Waals surface area contributed by atoms with Crippen molar-refractivity contribution in [3.63, 3.8) is 0 Å². The predicted octanol–water partition coefficient (Wildman–Crippen LogP) is 7.55. The van der Waals surface area contributed by atoms with E-state index >= 15 is 0 Å². The highest BCUT2D eigenvalue weighted by Crippen LogP contribution is 2.41. The predicted molar refractivity (Wildman–Crippen MR) is 134 cm³/mol. The number of fused-ring (bicyclic) bond motifs is 3. The SMILES string of the molecule is Cc1ccc2sc3ccccc3c2c1-c1nc(-c2ccccc2)nc(-c2ccccc2)n1. The lowest BCUT2D eigenvalue weighted by atomic mass is 10.0. The summed E-state index contributed by atoms with van der Waals surface area (Å²) in [6.45, 7) is 2.13. The number of nitrogens with zero attached hydrogens (tertiary/aromatic N) is 3. The van der Waals surface area contributed by atoms with Crippen molar-refractivity contribution in [1.82, 2.24) is 15.0 Å². The number of rotatable bonds is 3. The van der Waals surface area contributed by atoms with E-state index in [4.69, 9.17) is 15.0 Å². The molecule has 4 aromatic carbocycles. The van der Waals surface area contributed by atoms with Crippen LogP contribution in [0.1, 0.15) is 5.56 Å². The van der Waals surface area contributed by atoms with Crippen LogP contribution >= 0.6 is 11.3 Å². The third-order valence-electron chi connectivity index (χ3n) is 5.67. The minimum absolute atomic E-state index is 0.686. The van der Waals surface area contributed by atoms with Crippen LogP contribution in [0.3, 0.4) is 0 Å². The van der Waals surface area contributed by atoms with E-state index in [1.165, 1.54) is 20.2 Å². The first-order valence-electron chi connectivity index (χ1n) is 10.6. The van der Waals surface area contributed by atoms with Crippen LogP contribution < -0.4 is 0 Å². The van der Waals surface area contributed by atoms with Gasteiger partial charge in [0, 0.05) is 36.9 Å². The summed E-state index contributed by atoms with van der Waals surface area (Å²) in [4.78, 5) is 14.8. The highest BCUT2D eigenvalue weighted by molar-refractivity contribution is 7.25. The molecule has 0 unspecified atom stereocenters. The van der Waals surface area contributed by atoms with Crippen molar-refractivity contribution < 1.29 is 0 Å². The fourth-order valence-electron chi connectivity index (χ4n) is 4.13. The Bertz CT molecular complexity index is 1510. The molecule has 2 aromatic heterocycles. The molecular weight excluding hydrogens is 410 g/mol. The molecule has 0 radical (unpaired) electrons. The van der Waals surface area contributed by atoms with Gasteiger partial charge in [-0.25, -0.2) is 15.0 Å². The first-order chi connectivity index (χ1) is 15.8. The number of hydrogen-bond donors (Lipinski definition) is 0. The van der Waals surface area contributed by atoms with Crippen molar-refractivity contribution in [2.75, 3.05) is 0 Å². The molecule has 32 heavy (non-hydrogen) atoms. The maximum absolute atomic E-state index is 4.98. The molecule has 0 aliphatic rings. The minimum atomic E-state index is 0.686. The Kier molecular flexibility index (Phi) is 4.51. The van der Waals surface area contributed by atoms with Gasteiger partial charge in [0.1, 0.15) is 0 Å². The number of aromatic nitrogens is 3. The van der Waals surface area contributed by atoms with Crippen LogP contribution in [0.15, 0.2) is 97.1 Å². The highest BCUT2D eigenvalue weighted by atomic mass is 32.1. The third kappa shape index (κ3) is 3.17. The molecule has 0 amide bonds. The topological polar surface area (TPSA) is 38.7 Å². The first kappa shape index (κ1) is 18.8. The molecule has 0 spiro atoms. The zero-order valence-electron chi connectivity index (χ0n) is 17.5. The Morgan fingerprint density at radius 1 is 0.531 bits per heavy atom. The molecule has 3 nitrogen and oxygen atoms in total. The molecule has 0 bridgehead atoms. The quantitative estimate of drug-likeness (QED) is 0.291. The first-order valence-corrected chi connectivity index (χ1v) is 11.4. The molecule has 0 N–H and O–H groups in total. The van der Waals surface area contributed by atoms with Crippen LogP contribution in [-0.4, -0.2) is 15.0 Å². The van der Waals surface area contributed by atoms with Gasteiger partial charge in [-0.3, -0.25) is 0 Å². The van der Waals surface area contributed by atoms with E-state index in [0.717, 1.165) is 22.3 Å². The van der Waals surface area contributed by atoms with Crippen LogP contribution in [-0.2, 0) is 0 Å². The summed E-state index contributed by atoms with van der Waals surface area (Å²) in [5, 5.41) is 2.46. The molecule has 0 atom stereocenters. The third-order valence-corrected chi connectivity index (χ3v) is 6.81. The standard InChI is InChI=1S/C28H19N3S/c1-18-16-17-23-25(21-14-8-9-15-22(21)32-23)24(18)28-30-26(19-10-4-2-5-11-19)29-27(31-28)20-12-6-3-7-13-20/h2-17H,1H3. The molecule has 0 aliphatic heterocycles. The van der Waals surface area contributed by atoms with Crippen LogP contribution in [0.5, 0.6) is 0 Å². The minimum Gasteiger partial charge on any atom is -0.208 e. The van der Waals surface area contributed by atoms with Crippen LogP contribution in [0.4, 0.5) is 0 Å². The Balaban J connectivity index is 1.69. The van der Waals surface area contributed by atoms with Gasteiger partial charge in [-0.05, 0) is 24.6 Å². The van der Waals surface area contributed by atoms with Gasteiger partial charge in [-0.2, -0.15) is 0 Å². The average molecular weight is 430 g/mol. The molecular formula is C28H19N3S. The van der Waals surface area contributed by atoms with Gasteiger partial charge in [-0.1, -0.05) is 84.9 Å². The van der Waals surface area contributed by atoms with E-state index in [-0.39, 0.29) is 0 Å². The van der Waals surface area contributed by atoms with Gasteiger partial charge in [0.05, 0.1) is 0 Å². The normalized spacial score (nSPS) is 11.3. The number of hydrogen-bond acceptors (Lipinski definition) is 4. The summed E-state index contributed by atoms with van der Waals surface area (Å²) < 4.78 is 2.52. The van der Waals surface area contributed by atoms with Gasteiger partial charge >= 0.3 is 0 Å². The van der Waals surface area contributed by atoms with Crippen molar-refractivity contribution >= 4 is 31.5 Å². The van der Waals surface area contributed by atoms with Gasteiger partial charge in [0.25, 0.3) is 0 Å². The molecule has 6 aromatic rings. The largest absolute Gasteiger partial charge is 0.208 e. The van der Waals surface area contributed by atoms with Gasteiger partial charge in [-0.15, -0.1) is 11.3 Å². The average Bonchev–Trinajstić information content (AvgIpc) is 3.23. The van der Waals surface area contributed by atoms with Crippen molar-refractivity contribution in [3.8, 4) is 34.2 Å². The van der Waals surface area contributed by atoms with Crippen molar-refractivity contribution in [3.05, 3.63) is 103 Å². The van der Waals surface area contributed by atoms with Crippen molar-refractivity contribution in [1.29, 1.82) is 0 Å². The maximum atomic E-state index is 4.98. The lowest BCUT2D eigenvalue weighted by Gasteiger charge is -2.11. The monoisotopic (exact) mass is 429 g/mol. The second kappa shape index (κ2) is 7.66. The Morgan fingerprint density at radius 2 is 1.09 bits per heavy atom. The smallest absolute Gasteiger partial charge is 0.165 e. The summed E-state index contributed by atoms with van der Waals surface area (Å²) in [5.74, 6) is 2.08. The summed E-state index contributed by atoms with van der Waals surface area (Å²) in [7, 11) is 0. The number of aryl methyl sites for hydroxylation is 1. The fourth-order valence-corrected chi connectivity index (χ4v) is 5.24. The van der Waals surface area contributed by atoms with Crippen molar-refractivity contribution in [2.24, 2.45) is 0 Å². The van der Waals surface area contributed by atoms with E-state index in [9.17, 15) is 0 Å². The molecule has 4 heteroatoms. The molecule has 2 heterocycles. The van der Waals surface area contributed by atoms with E-state index in [2.05, 4.69) is 43.3 Å². The molecule has 0 saturated heterocycles. The van der Waals surface area contributed by atoms with Gasteiger partial charge in [0.15, 0.2) is 17.5 Å². The molecule has 0 fully saturated rings. The lowest BCUT2D eigenvalue weighted by molar-refractivity contribution is 1.07. The lowest BCUT2D eigenvalue weighted by Crippen LogP contribution is -2.01. The molecule has 6 rings (SSSR count). The zero-order valence-corrected chi connectivity index (χ0v) is 18.3. The molecule has 152 valence electrons. The van der Waals surface area contributed by atoms with E-state index in [1.807, 2.05) is 72.0 Å². The maximum Gasteiger partial charge on any atom is 0.165 e. The molecule has 0 aliphatic carbocycles. The van der Waals surface area contributed by atoms with E-state index in [1.54, 1.807) is 0 Å². The molecule has 0 saturated carbocycles. The Labute approximate surface area is 190 Å². The summed E-state index contributed by atoms with van der Waals surface area (Å²) in [5.41, 5.74) is 4.20. The van der Waals surface area contributed by atoms with Gasteiger partial charge < -0.3 is 0 Å². The second-order valence-corrected chi connectivity index (χ2v) is 8.85. The van der Waals surface area contributed by atoms with Gasteiger partial charge in [0.2, 0.25) is 0 Å². The van der Waals surface area contributed by atoms with Crippen LogP contribution in [0.2, 0.25) is 0 Å². The zero-order chi connectivity index (χ0) is 21.5. The summed E-state index contributed by atoms with van der Waals surface area (Å²) in [6.07, 6.45) is 0. The van der Waals surface area contributed by atoms with Crippen LogP contribution in [0, 0.1) is 6.92 Å². The Hall–Kier alpha value is -3.89. The summed E-state index contributed by atoms with van der Waals surface area (Å²) >= 11 is 1.81. The summed E-state index contributed by atoms with van der Waals surface area (Å²) in [6, 6.07) is 33.2. The fraction of sp³-hybridized carbons (Fsp3) is 0.0357. The van der Waals surface area contributed by atoms with Crippen molar-refractivity contribution in [2.45, 2.75) is 6.92 Å². The van der Waals surface area contributed by atoms with Crippen LogP contribution in [0.25, 0.3) is 54.3 Å². The highest BCUT2D eigenvalue weighted by Gasteiger charge is 2.18. The van der Waals surface area contributed by atoms with E-state index < -0.39 is 0 Å².